The molecule has 27 heteroatoms. The fraction of sp³-hybridized carbons (Fsp3) is 0.438. The van der Waals surface area contributed by atoms with Gasteiger partial charge in [-0.15, -0.1) is 0 Å². The van der Waals surface area contributed by atoms with Crippen LogP contribution in [0.1, 0.15) is 69.6 Å². The number of H-pyrrole nitrogens is 2. The standard InChI is InChI=1S/C48H70N18O9/c49-17-7-6-14-34(41(50)70)61-45(74)38(21-29-24-58-33-13-5-4-12-32(29)33)64-42(71)35(15-8-18-56-47(51)52)62-44(73)37(20-28-10-2-1-3-11-28)63-43(72)36(16-9-19-57-48(53)54)65-66-39(23-40(68)69)46(75)60-31(26-67)22-30-25-55-27-59-30/h1-5,10-13,24-27,31,34-39,58,65-66H,6-9,14-23,49H2,(H2,50,70)(H,55,59)(H,60,75)(H,61,74)(H,62,73)(H,63,72)(H,64,71)(H,68,69)(H4,51,52,56)(H4,53,54,57)/t31-,34?,35?,36?,37-,38-,39?/m0/s1/i26D. The zero-order valence-electron chi connectivity index (χ0n) is 42.4. The van der Waals surface area contributed by atoms with Crippen LogP contribution in [0.15, 0.2) is 83.3 Å². The lowest BCUT2D eigenvalue weighted by Crippen LogP contribution is -2.61. The van der Waals surface area contributed by atoms with E-state index in [-0.39, 0.29) is 76.4 Å². The maximum Gasteiger partial charge on any atom is 0.305 e. The lowest BCUT2D eigenvalue weighted by atomic mass is 10.0. The van der Waals surface area contributed by atoms with Gasteiger partial charge in [-0.1, -0.05) is 48.5 Å². The van der Waals surface area contributed by atoms with E-state index in [0.29, 0.717) is 36.2 Å². The number of carbonyl (C=O) groups excluding carboxylic acids is 7. The number of aromatic amines is 2. The Kier molecular flexibility index (Phi) is 23.9. The molecule has 0 saturated heterocycles. The van der Waals surface area contributed by atoms with Crippen LogP contribution in [-0.4, -0.2) is 142 Å². The Morgan fingerprint density at radius 2 is 1.19 bits per heavy atom. The van der Waals surface area contributed by atoms with Crippen molar-refractivity contribution in [3.63, 3.8) is 0 Å². The van der Waals surface area contributed by atoms with E-state index in [1.165, 1.54) is 12.5 Å². The summed E-state index contributed by atoms with van der Waals surface area (Å²) in [4.78, 5) is 126. The van der Waals surface area contributed by atoms with Gasteiger partial charge in [0, 0.05) is 61.3 Å². The van der Waals surface area contributed by atoms with E-state index >= 15 is 0 Å². The van der Waals surface area contributed by atoms with Crippen molar-refractivity contribution >= 4 is 70.5 Å². The predicted octanol–water partition coefficient (Wildman–Crippen LogP) is -3.43. The number of unbranched alkanes of at least 4 members (excludes halogenated alkanes) is 1. The number of nitrogens with two attached hydrogens (primary N) is 6. The van der Waals surface area contributed by atoms with Gasteiger partial charge in [-0.2, -0.15) is 0 Å². The summed E-state index contributed by atoms with van der Waals surface area (Å²) in [7, 11) is 0. The average molecular weight is 1040 g/mol. The van der Waals surface area contributed by atoms with Crippen molar-refractivity contribution in [2.45, 2.75) is 113 Å². The van der Waals surface area contributed by atoms with Gasteiger partial charge in [-0.05, 0) is 68.7 Å². The van der Waals surface area contributed by atoms with Gasteiger partial charge < -0.3 is 80.9 Å². The van der Waals surface area contributed by atoms with Crippen molar-refractivity contribution in [3.05, 3.63) is 90.1 Å². The van der Waals surface area contributed by atoms with E-state index in [1.54, 1.807) is 36.5 Å². The van der Waals surface area contributed by atoms with Crippen LogP contribution in [0.5, 0.6) is 0 Å². The molecule has 7 atom stereocenters. The van der Waals surface area contributed by atoms with Gasteiger partial charge in [0.15, 0.2) is 11.9 Å². The Morgan fingerprint density at radius 3 is 1.79 bits per heavy atom. The Bertz CT molecular complexity index is 2610. The van der Waals surface area contributed by atoms with Crippen molar-refractivity contribution in [2.24, 2.45) is 44.4 Å². The zero-order chi connectivity index (χ0) is 55.6. The second-order valence-electron chi connectivity index (χ2n) is 17.5. The number of carbonyl (C=O) groups is 8. The first-order valence-corrected chi connectivity index (χ1v) is 24.3. The number of fused-ring (bicyclic) bond motifs is 1. The van der Waals surface area contributed by atoms with Crippen molar-refractivity contribution in [1.82, 2.24) is 52.4 Å². The van der Waals surface area contributed by atoms with E-state index in [2.05, 4.69) is 62.4 Å². The molecule has 0 aliphatic heterocycles. The van der Waals surface area contributed by atoms with Crippen LogP contribution in [0.2, 0.25) is 0 Å². The van der Waals surface area contributed by atoms with Crippen LogP contribution < -0.4 is 71.8 Å². The molecule has 4 rings (SSSR count). The van der Waals surface area contributed by atoms with Gasteiger partial charge in [0.25, 0.3) is 0 Å². The molecule has 27 nitrogen and oxygen atoms in total. The number of hydrogen-bond acceptors (Lipinski definition) is 14. The number of guanidine groups is 2. The number of aldehydes is 1. The molecule has 0 spiro atoms. The summed E-state index contributed by atoms with van der Waals surface area (Å²) in [6, 6.07) is 6.34. The molecule has 0 fully saturated rings. The minimum atomic E-state index is -1.62. The number of aromatic nitrogens is 3. The van der Waals surface area contributed by atoms with E-state index in [4.69, 9.17) is 35.8 Å². The minimum absolute atomic E-state index is 0.0368. The van der Waals surface area contributed by atoms with Crippen LogP contribution in [0.3, 0.4) is 0 Å². The van der Waals surface area contributed by atoms with Crippen molar-refractivity contribution in [2.75, 3.05) is 19.6 Å². The number of hydrazine groups is 1. The maximum absolute atomic E-state index is 14.6. The third kappa shape index (κ3) is 20.9. The number of hydrogen-bond donors (Lipinski definition) is 16. The largest absolute Gasteiger partial charge is 0.481 e. The number of aliphatic carboxylic acids is 1. The van der Waals surface area contributed by atoms with Crippen LogP contribution in [-0.2, 0) is 57.6 Å². The highest BCUT2D eigenvalue weighted by Crippen LogP contribution is 2.20. The highest BCUT2D eigenvalue weighted by molar-refractivity contribution is 5.96. The molecule has 0 aliphatic carbocycles. The first-order chi connectivity index (χ1) is 36.3. The van der Waals surface area contributed by atoms with Crippen molar-refractivity contribution < 1.29 is 44.8 Å². The lowest BCUT2D eigenvalue weighted by molar-refractivity contribution is -0.140. The molecule has 6 amide bonds. The molecule has 4 unspecified atom stereocenters. The summed E-state index contributed by atoms with van der Waals surface area (Å²) in [5.74, 6) is -6.89. The second kappa shape index (κ2) is 31.2. The van der Waals surface area contributed by atoms with Crippen LogP contribution >= 0.6 is 0 Å². The molecule has 0 radical (unpaired) electrons. The second-order valence-corrected chi connectivity index (χ2v) is 17.5. The van der Waals surface area contributed by atoms with Crippen LogP contribution in [0, 0.1) is 0 Å². The highest BCUT2D eigenvalue weighted by Gasteiger charge is 2.33. The Morgan fingerprint density at radius 1 is 0.640 bits per heavy atom. The van der Waals surface area contributed by atoms with Gasteiger partial charge in [0.1, 0.15) is 43.9 Å². The number of rotatable bonds is 35. The van der Waals surface area contributed by atoms with Crippen molar-refractivity contribution in [1.29, 1.82) is 0 Å². The molecule has 4 aromatic rings. The lowest BCUT2D eigenvalue weighted by Gasteiger charge is -2.28. The third-order valence-electron chi connectivity index (χ3n) is 11.7. The summed E-state index contributed by atoms with van der Waals surface area (Å²) in [6.07, 6.45) is 3.44. The Labute approximate surface area is 433 Å². The third-order valence-corrected chi connectivity index (χ3v) is 11.7. The topological polar surface area (TPSA) is 466 Å². The number of carboxylic acid groups (broad SMARTS) is 1. The highest BCUT2D eigenvalue weighted by atomic mass is 16.4. The first kappa shape index (κ1) is 57.5. The monoisotopic (exact) mass is 1040 g/mol. The minimum Gasteiger partial charge on any atom is -0.481 e. The molecular weight excluding hydrogens is 973 g/mol. The molecule has 0 saturated carbocycles. The maximum atomic E-state index is 14.6. The van der Waals surface area contributed by atoms with E-state index in [0.717, 1.165) is 10.9 Å². The Hall–Kier alpha value is -8.43. The summed E-state index contributed by atoms with van der Waals surface area (Å²) in [6.45, 7) is 0.429. The number of imidazole rings is 1. The number of benzene rings is 2. The SMILES string of the molecule is [2H]C(=O)[C@H](Cc1cnc[nH]1)NC(=O)C(CC(=O)O)NNC(CCCN=C(N)N)C(=O)N[C@@H](Cc1ccccc1)C(=O)NC(CCCN=C(N)N)C(=O)N[C@@H](Cc1c[nH]c2ccccc12)C(=O)NC(CCCCN)C(N)=O. The van der Waals surface area contributed by atoms with E-state index in [1.807, 2.05) is 24.3 Å². The van der Waals surface area contributed by atoms with Crippen LogP contribution in [0.4, 0.5) is 0 Å². The number of aliphatic imine (C=N–C) groups is 2. The van der Waals surface area contributed by atoms with Gasteiger partial charge in [0.05, 0.1) is 18.8 Å². The van der Waals surface area contributed by atoms with Gasteiger partial charge in [-0.25, -0.2) is 15.8 Å². The summed E-state index contributed by atoms with van der Waals surface area (Å²) < 4.78 is 7.71. The predicted molar refractivity (Wildman–Crippen MR) is 278 cm³/mol. The smallest absolute Gasteiger partial charge is 0.305 e. The number of amides is 6. The van der Waals surface area contributed by atoms with Gasteiger partial charge >= 0.3 is 5.97 Å². The van der Waals surface area contributed by atoms with E-state index in [9.17, 15) is 43.5 Å². The summed E-state index contributed by atoms with van der Waals surface area (Å²) in [5, 5.41) is 23.8. The summed E-state index contributed by atoms with van der Waals surface area (Å²) in [5.41, 5.74) is 41.2. The first-order valence-electron chi connectivity index (χ1n) is 24.8. The molecule has 406 valence electrons. The number of para-hydroxylation sites is 1. The van der Waals surface area contributed by atoms with E-state index < -0.39 is 96.4 Å². The normalized spacial score (nSPS) is 14.0. The average Bonchev–Trinajstić information content (AvgIpc) is 4.05. The quantitative estimate of drug-likeness (QED) is 0.00701. The molecule has 0 bridgehead atoms. The molecule has 75 heavy (non-hydrogen) atoms. The molecular formula is C48H70N18O9. The zero-order valence-corrected chi connectivity index (χ0v) is 41.4. The number of nitrogens with zero attached hydrogens (tertiary/aromatic N) is 3. The fourth-order valence-electron chi connectivity index (χ4n) is 7.80. The Balaban J connectivity index is 1.65. The molecule has 22 N–H and O–H groups in total. The molecule has 2 aromatic heterocycles. The van der Waals surface area contributed by atoms with Crippen molar-refractivity contribution in [3.8, 4) is 0 Å². The molecule has 0 aliphatic rings. The number of primary amides is 1. The summed E-state index contributed by atoms with van der Waals surface area (Å²) >= 11 is 0. The fourth-order valence-corrected chi connectivity index (χ4v) is 7.80. The number of nitrogens with one attached hydrogen (secondary N) is 9. The molecule has 2 aromatic carbocycles. The number of carboxylic acids is 1. The molecule has 2 heterocycles. The van der Waals surface area contributed by atoms with Gasteiger partial charge in [0.2, 0.25) is 35.4 Å². The van der Waals surface area contributed by atoms with Crippen LogP contribution in [0.25, 0.3) is 10.9 Å². The van der Waals surface area contributed by atoms with Gasteiger partial charge in [-0.3, -0.25) is 43.5 Å².